The highest BCUT2D eigenvalue weighted by atomic mass is 32.2. The normalized spacial score (nSPS) is 14.9. The zero-order valence-electron chi connectivity index (χ0n) is 15.3. The standard InChI is InChI=1S/C23H19NO3S/c1-2-24-19-12-11-16-7-3-4-8-17(16)22(19)28-21(24)9-5-6-15-10-13-20(25)18(14-15)23(26)27/h3-14,25H,2H2,1H3,(H,26,27). The molecule has 0 aliphatic carbocycles. The van der Waals surface area contributed by atoms with E-state index in [1.54, 1.807) is 17.8 Å². The maximum absolute atomic E-state index is 11.2. The first-order valence-electron chi connectivity index (χ1n) is 9.00. The molecular weight excluding hydrogens is 370 g/mol. The van der Waals surface area contributed by atoms with Gasteiger partial charge in [-0.25, -0.2) is 4.79 Å². The van der Waals surface area contributed by atoms with Crippen molar-refractivity contribution in [1.82, 2.24) is 0 Å². The van der Waals surface area contributed by atoms with Crippen LogP contribution in [-0.4, -0.2) is 22.7 Å². The predicted octanol–water partition coefficient (Wildman–Crippen LogP) is 5.73. The molecule has 3 aromatic rings. The van der Waals surface area contributed by atoms with E-state index in [0.29, 0.717) is 0 Å². The number of nitrogens with zero attached hydrogens (tertiary/aromatic N) is 1. The van der Waals surface area contributed by atoms with Gasteiger partial charge in [0.15, 0.2) is 0 Å². The van der Waals surface area contributed by atoms with E-state index < -0.39 is 5.97 Å². The fourth-order valence-corrected chi connectivity index (χ4v) is 4.62. The van der Waals surface area contributed by atoms with Crippen LogP contribution in [-0.2, 0) is 0 Å². The van der Waals surface area contributed by atoms with Gasteiger partial charge in [-0.2, -0.15) is 0 Å². The van der Waals surface area contributed by atoms with E-state index in [2.05, 4.69) is 48.2 Å². The molecule has 28 heavy (non-hydrogen) atoms. The van der Waals surface area contributed by atoms with Crippen LogP contribution < -0.4 is 4.90 Å². The van der Waals surface area contributed by atoms with Crippen LogP contribution in [0.15, 0.2) is 76.7 Å². The molecule has 0 fully saturated rings. The van der Waals surface area contributed by atoms with Crippen molar-refractivity contribution < 1.29 is 15.0 Å². The van der Waals surface area contributed by atoms with Crippen LogP contribution in [0.1, 0.15) is 22.8 Å². The van der Waals surface area contributed by atoms with Crippen molar-refractivity contribution >= 4 is 40.3 Å². The zero-order chi connectivity index (χ0) is 19.7. The Labute approximate surface area is 167 Å². The number of allylic oxidation sites excluding steroid dienone is 2. The number of thioether (sulfide) groups is 1. The number of carbonyl (C=O) groups is 1. The van der Waals surface area contributed by atoms with Gasteiger partial charge in [0.25, 0.3) is 0 Å². The Balaban J connectivity index is 1.65. The minimum absolute atomic E-state index is 0.0981. The van der Waals surface area contributed by atoms with E-state index >= 15 is 0 Å². The van der Waals surface area contributed by atoms with E-state index in [4.69, 9.17) is 5.11 Å². The first-order chi connectivity index (χ1) is 13.6. The molecule has 1 aliphatic rings. The van der Waals surface area contributed by atoms with Gasteiger partial charge in [-0.05, 0) is 47.5 Å². The van der Waals surface area contributed by atoms with Crippen molar-refractivity contribution in [3.8, 4) is 5.75 Å². The van der Waals surface area contributed by atoms with Crippen LogP contribution in [0.2, 0.25) is 0 Å². The number of fused-ring (bicyclic) bond motifs is 3. The van der Waals surface area contributed by atoms with Crippen LogP contribution in [0.3, 0.4) is 0 Å². The predicted molar refractivity (Wildman–Crippen MR) is 115 cm³/mol. The molecule has 1 heterocycles. The van der Waals surface area contributed by atoms with Gasteiger partial charge in [-0.3, -0.25) is 0 Å². The lowest BCUT2D eigenvalue weighted by molar-refractivity contribution is 0.0693. The van der Waals surface area contributed by atoms with E-state index in [9.17, 15) is 9.90 Å². The highest BCUT2D eigenvalue weighted by Gasteiger charge is 2.25. The summed E-state index contributed by atoms with van der Waals surface area (Å²) < 4.78 is 0. The average molecular weight is 389 g/mol. The van der Waals surface area contributed by atoms with Gasteiger partial charge in [0.2, 0.25) is 0 Å². The number of carboxylic acids is 1. The zero-order valence-corrected chi connectivity index (χ0v) is 16.1. The molecule has 0 spiro atoms. The van der Waals surface area contributed by atoms with Crippen molar-refractivity contribution in [3.05, 3.63) is 82.9 Å². The Morgan fingerprint density at radius 1 is 1.14 bits per heavy atom. The Hall–Kier alpha value is -3.18. The summed E-state index contributed by atoms with van der Waals surface area (Å²) in [6, 6.07) is 17.3. The Morgan fingerprint density at radius 2 is 1.96 bits per heavy atom. The number of aromatic hydroxyl groups is 1. The number of phenols is 1. The highest BCUT2D eigenvalue weighted by Crippen LogP contribution is 2.49. The van der Waals surface area contributed by atoms with Gasteiger partial charge in [-0.15, -0.1) is 0 Å². The van der Waals surface area contributed by atoms with Crippen LogP contribution in [0.25, 0.3) is 16.8 Å². The molecule has 4 nitrogen and oxygen atoms in total. The highest BCUT2D eigenvalue weighted by molar-refractivity contribution is 8.04. The summed E-state index contributed by atoms with van der Waals surface area (Å²) in [5, 5.41) is 22.4. The molecule has 4 rings (SSSR count). The molecule has 0 bridgehead atoms. The molecule has 5 heteroatoms. The van der Waals surface area contributed by atoms with Crippen molar-refractivity contribution in [2.75, 3.05) is 11.4 Å². The Bertz CT molecular complexity index is 1130. The average Bonchev–Trinajstić information content (AvgIpc) is 3.07. The third-order valence-electron chi connectivity index (χ3n) is 4.72. The third-order valence-corrected chi connectivity index (χ3v) is 5.92. The Kier molecular flexibility index (Phi) is 4.84. The monoisotopic (exact) mass is 389 g/mol. The fraction of sp³-hybridized carbons (Fsp3) is 0.0870. The lowest BCUT2D eigenvalue weighted by Crippen LogP contribution is -2.16. The maximum Gasteiger partial charge on any atom is 0.339 e. The SMILES string of the molecule is CCN1C(=CC=Cc2ccc(O)c(C(=O)O)c2)Sc2c1ccc1ccccc21. The Morgan fingerprint density at radius 3 is 2.75 bits per heavy atom. The largest absolute Gasteiger partial charge is 0.507 e. The molecule has 0 radical (unpaired) electrons. The van der Waals surface area contributed by atoms with Crippen LogP contribution in [0.4, 0.5) is 5.69 Å². The van der Waals surface area contributed by atoms with E-state index in [1.807, 2.05) is 18.2 Å². The second-order valence-corrected chi connectivity index (χ2v) is 7.46. The summed E-state index contributed by atoms with van der Waals surface area (Å²) in [6.07, 6.45) is 5.79. The number of aromatic carboxylic acids is 1. The fourth-order valence-electron chi connectivity index (χ4n) is 3.35. The van der Waals surface area contributed by atoms with Crippen molar-refractivity contribution in [1.29, 1.82) is 0 Å². The summed E-state index contributed by atoms with van der Waals surface area (Å²) in [5.41, 5.74) is 1.84. The summed E-state index contributed by atoms with van der Waals surface area (Å²) in [6.45, 7) is 2.99. The third kappa shape index (κ3) is 3.25. The van der Waals surface area contributed by atoms with Gasteiger partial charge in [0.05, 0.1) is 10.7 Å². The summed E-state index contributed by atoms with van der Waals surface area (Å²) in [5.74, 6) is -1.37. The van der Waals surface area contributed by atoms with Crippen molar-refractivity contribution in [2.24, 2.45) is 0 Å². The minimum atomic E-state index is -1.14. The summed E-state index contributed by atoms with van der Waals surface area (Å²) >= 11 is 1.75. The van der Waals surface area contributed by atoms with Gasteiger partial charge in [0, 0.05) is 11.4 Å². The molecule has 2 N–H and O–H groups in total. The number of anilines is 1. The molecule has 0 atom stereocenters. The lowest BCUT2D eigenvalue weighted by atomic mass is 10.1. The summed E-state index contributed by atoms with van der Waals surface area (Å²) in [4.78, 5) is 14.7. The van der Waals surface area contributed by atoms with Crippen molar-refractivity contribution in [2.45, 2.75) is 11.8 Å². The molecule has 140 valence electrons. The van der Waals surface area contributed by atoms with Gasteiger partial charge < -0.3 is 15.1 Å². The smallest absolute Gasteiger partial charge is 0.339 e. The van der Waals surface area contributed by atoms with Crippen LogP contribution in [0.5, 0.6) is 5.75 Å². The number of benzene rings is 3. The molecule has 3 aromatic carbocycles. The molecule has 0 saturated heterocycles. The summed E-state index contributed by atoms with van der Waals surface area (Å²) in [7, 11) is 0. The topological polar surface area (TPSA) is 60.8 Å². The van der Waals surface area contributed by atoms with E-state index in [0.717, 1.165) is 17.1 Å². The number of rotatable bonds is 4. The van der Waals surface area contributed by atoms with Crippen molar-refractivity contribution in [3.63, 3.8) is 0 Å². The maximum atomic E-state index is 11.2. The molecular formula is C23H19NO3S. The number of hydrogen-bond acceptors (Lipinski definition) is 4. The first-order valence-corrected chi connectivity index (χ1v) is 9.82. The number of hydrogen-bond donors (Lipinski definition) is 2. The van der Waals surface area contributed by atoms with E-state index in [-0.39, 0.29) is 11.3 Å². The second-order valence-electron chi connectivity index (χ2n) is 6.43. The van der Waals surface area contributed by atoms with Gasteiger partial charge >= 0.3 is 5.97 Å². The second kappa shape index (κ2) is 7.44. The first kappa shape index (κ1) is 18.2. The molecule has 0 amide bonds. The lowest BCUT2D eigenvalue weighted by Gasteiger charge is -2.17. The molecule has 0 saturated carbocycles. The number of carboxylic acid groups (broad SMARTS) is 1. The van der Waals surface area contributed by atoms with Crippen LogP contribution >= 0.6 is 11.8 Å². The van der Waals surface area contributed by atoms with Crippen LogP contribution in [0, 0.1) is 0 Å². The quantitative estimate of drug-likeness (QED) is 0.597. The molecule has 0 aromatic heterocycles. The van der Waals surface area contributed by atoms with Gasteiger partial charge in [-0.1, -0.05) is 60.3 Å². The molecule has 0 unspecified atom stereocenters. The van der Waals surface area contributed by atoms with E-state index in [1.165, 1.54) is 33.5 Å². The molecule has 1 aliphatic heterocycles. The minimum Gasteiger partial charge on any atom is -0.507 e. The van der Waals surface area contributed by atoms with Gasteiger partial charge in [0.1, 0.15) is 11.3 Å².